The Morgan fingerprint density at radius 3 is 2.96 bits per heavy atom. The molecule has 0 aliphatic carbocycles. The molecular weight excluding hydrogens is 324 g/mol. The summed E-state index contributed by atoms with van der Waals surface area (Å²) < 4.78 is 11.2. The number of hydrogen-bond acceptors (Lipinski definition) is 5. The normalized spacial score (nSPS) is 16.4. The van der Waals surface area contributed by atoms with Crippen molar-refractivity contribution in [2.75, 3.05) is 12.4 Å². The molecule has 4 rings (SSSR count). The van der Waals surface area contributed by atoms with Crippen LogP contribution in [-0.4, -0.2) is 23.3 Å². The molecule has 24 heavy (non-hydrogen) atoms. The summed E-state index contributed by atoms with van der Waals surface area (Å²) in [6.07, 6.45) is 0.774. The first kappa shape index (κ1) is 15.1. The van der Waals surface area contributed by atoms with E-state index in [2.05, 4.69) is 10.3 Å². The van der Waals surface area contributed by atoms with E-state index in [4.69, 9.17) is 9.15 Å². The van der Waals surface area contributed by atoms with Crippen LogP contribution in [0, 0.1) is 0 Å². The second-order valence-corrected chi connectivity index (χ2v) is 6.46. The maximum absolute atomic E-state index is 12.3. The molecule has 1 atom stereocenters. The highest BCUT2D eigenvalue weighted by Crippen LogP contribution is 2.31. The van der Waals surface area contributed by atoms with Crippen LogP contribution in [0.4, 0.5) is 0 Å². The van der Waals surface area contributed by atoms with Crippen molar-refractivity contribution in [1.82, 2.24) is 10.3 Å². The molecule has 1 amide bonds. The quantitative estimate of drug-likeness (QED) is 0.736. The van der Waals surface area contributed by atoms with Crippen molar-refractivity contribution < 1.29 is 13.9 Å². The number of nitrogens with zero attached hydrogens (tertiary/aromatic N) is 1. The number of fused-ring (bicyclic) bond motifs is 2. The number of aromatic nitrogens is 1. The second-order valence-electron chi connectivity index (χ2n) is 5.53. The van der Waals surface area contributed by atoms with E-state index < -0.39 is 0 Å². The average Bonchev–Trinajstić information content (AvgIpc) is 3.03. The highest BCUT2D eigenvalue weighted by Gasteiger charge is 2.22. The number of benzene rings is 2. The predicted molar refractivity (Wildman–Crippen MR) is 92.2 cm³/mol. The molecule has 1 unspecified atom stereocenters. The largest absolute Gasteiger partial charge is 0.493 e. The molecule has 6 heteroatoms. The zero-order valence-electron chi connectivity index (χ0n) is 12.9. The second kappa shape index (κ2) is 6.57. The van der Waals surface area contributed by atoms with E-state index in [-0.39, 0.29) is 17.7 Å². The molecule has 0 saturated heterocycles. The Morgan fingerprint density at radius 1 is 1.21 bits per heavy atom. The van der Waals surface area contributed by atoms with E-state index in [1.807, 2.05) is 48.5 Å². The summed E-state index contributed by atoms with van der Waals surface area (Å²) in [7, 11) is 0. The van der Waals surface area contributed by atoms with Gasteiger partial charge in [0.1, 0.15) is 11.3 Å². The van der Waals surface area contributed by atoms with Crippen LogP contribution < -0.4 is 10.1 Å². The van der Waals surface area contributed by atoms with Gasteiger partial charge in [0.25, 0.3) is 5.22 Å². The zero-order valence-corrected chi connectivity index (χ0v) is 13.7. The SMILES string of the molecule is O=C(CSc1nc2ccccc2o1)NC1CCOc2ccccc21. The third-order valence-corrected chi connectivity index (χ3v) is 4.72. The van der Waals surface area contributed by atoms with Gasteiger partial charge in [-0.1, -0.05) is 42.1 Å². The molecule has 0 fully saturated rings. The van der Waals surface area contributed by atoms with Gasteiger partial charge in [-0.25, -0.2) is 4.98 Å². The van der Waals surface area contributed by atoms with Crippen LogP contribution in [0.25, 0.3) is 11.1 Å². The minimum absolute atomic E-state index is 0.00770. The topological polar surface area (TPSA) is 64.4 Å². The van der Waals surface area contributed by atoms with Gasteiger partial charge in [0.2, 0.25) is 5.91 Å². The Kier molecular flexibility index (Phi) is 4.13. The predicted octanol–water partition coefficient (Wildman–Crippen LogP) is 3.56. The first-order valence-electron chi connectivity index (χ1n) is 7.79. The first-order valence-corrected chi connectivity index (χ1v) is 8.77. The minimum atomic E-state index is -0.0380. The van der Waals surface area contributed by atoms with Crippen LogP contribution in [0.1, 0.15) is 18.0 Å². The standard InChI is InChI=1S/C18H16N2O3S/c21-17(11-24-18-20-14-6-2-4-8-16(14)23-18)19-13-9-10-22-15-7-3-1-5-12(13)15/h1-8,13H,9-11H2,(H,19,21). The highest BCUT2D eigenvalue weighted by atomic mass is 32.2. The molecule has 1 N–H and O–H groups in total. The summed E-state index contributed by atoms with van der Waals surface area (Å²) in [5.74, 6) is 1.08. The van der Waals surface area contributed by atoms with Crippen molar-refractivity contribution in [1.29, 1.82) is 0 Å². The first-order chi connectivity index (χ1) is 11.8. The molecule has 0 saturated carbocycles. The zero-order chi connectivity index (χ0) is 16.4. The van der Waals surface area contributed by atoms with E-state index in [9.17, 15) is 4.79 Å². The average molecular weight is 340 g/mol. The molecule has 0 bridgehead atoms. The lowest BCUT2D eigenvalue weighted by atomic mass is 10.0. The maximum atomic E-state index is 12.3. The van der Waals surface area contributed by atoms with Gasteiger partial charge in [0.05, 0.1) is 18.4 Å². The van der Waals surface area contributed by atoms with Crippen molar-refractivity contribution in [3.8, 4) is 5.75 Å². The van der Waals surface area contributed by atoms with Crippen LogP contribution in [0.5, 0.6) is 5.75 Å². The third-order valence-electron chi connectivity index (χ3n) is 3.89. The van der Waals surface area contributed by atoms with Crippen LogP contribution >= 0.6 is 11.8 Å². The molecule has 5 nitrogen and oxygen atoms in total. The van der Waals surface area contributed by atoms with Gasteiger partial charge in [0, 0.05) is 12.0 Å². The van der Waals surface area contributed by atoms with Gasteiger partial charge >= 0.3 is 0 Å². The lowest BCUT2D eigenvalue weighted by Crippen LogP contribution is -2.33. The number of ether oxygens (including phenoxy) is 1. The molecule has 1 aromatic heterocycles. The van der Waals surface area contributed by atoms with Crippen LogP contribution in [-0.2, 0) is 4.79 Å². The Hall–Kier alpha value is -2.47. The minimum Gasteiger partial charge on any atom is -0.493 e. The Morgan fingerprint density at radius 2 is 2.04 bits per heavy atom. The fourth-order valence-corrected chi connectivity index (χ4v) is 3.42. The van der Waals surface area contributed by atoms with Crippen LogP contribution in [0.15, 0.2) is 58.2 Å². The highest BCUT2D eigenvalue weighted by molar-refractivity contribution is 7.99. The summed E-state index contributed by atoms with van der Waals surface area (Å²) >= 11 is 1.30. The van der Waals surface area contributed by atoms with Crippen LogP contribution in [0.3, 0.4) is 0 Å². The van der Waals surface area contributed by atoms with Gasteiger partial charge in [-0.15, -0.1) is 0 Å². The van der Waals surface area contributed by atoms with E-state index in [1.54, 1.807) is 0 Å². The Bertz CT molecular complexity index is 844. The number of thioether (sulfide) groups is 1. The van der Waals surface area contributed by atoms with Crippen molar-refractivity contribution in [2.24, 2.45) is 0 Å². The van der Waals surface area contributed by atoms with E-state index in [0.29, 0.717) is 11.8 Å². The summed E-state index contributed by atoms with van der Waals surface area (Å²) in [6, 6.07) is 15.4. The number of nitrogens with one attached hydrogen (secondary N) is 1. The number of oxazole rings is 1. The van der Waals surface area contributed by atoms with Gasteiger partial charge < -0.3 is 14.5 Å². The van der Waals surface area contributed by atoms with Gasteiger partial charge in [0.15, 0.2) is 5.58 Å². The Balaban J connectivity index is 1.39. The van der Waals surface area contributed by atoms with E-state index in [1.165, 1.54) is 11.8 Å². The van der Waals surface area contributed by atoms with E-state index in [0.717, 1.165) is 28.8 Å². The molecule has 2 aromatic carbocycles. The number of carbonyl (C=O) groups excluding carboxylic acids is 1. The molecule has 2 heterocycles. The maximum Gasteiger partial charge on any atom is 0.257 e. The van der Waals surface area contributed by atoms with Crippen molar-refractivity contribution in [3.63, 3.8) is 0 Å². The number of carbonyl (C=O) groups is 1. The molecule has 0 radical (unpaired) electrons. The summed E-state index contributed by atoms with van der Waals surface area (Å²) in [5, 5.41) is 3.58. The fourth-order valence-electron chi connectivity index (χ4n) is 2.77. The number of hydrogen-bond donors (Lipinski definition) is 1. The fraction of sp³-hybridized carbons (Fsp3) is 0.222. The molecular formula is C18H16N2O3S. The smallest absolute Gasteiger partial charge is 0.257 e. The van der Waals surface area contributed by atoms with Crippen molar-refractivity contribution in [2.45, 2.75) is 17.7 Å². The molecule has 1 aliphatic rings. The molecule has 1 aliphatic heterocycles. The summed E-state index contributed by atoms with van der Waals surface area (Å²) in [4.78, 5) is 16.6. The molecule has 0 spiro atoms. The van der Waals surface area contributed by atoms with Crippen LogP contribution in [0.2, 0.25) is 0 Å². The monoisotopic (exact) mass is 340 g/mol. The van der Waals surface area contributed by atoms with Crippen molar-refractivity contribution >= 4 is 28.8 Å². The van der Waals surface area contributed by atoms with Gasteiger partial charge in [-0.05, 0) is 18.2 Å². The summed E-state index contributed by atoms with van der Waals surface area (Å²) in [6.45, 7) is 0.611. The lowest BCUT2D eigenvalue weighted by molar-refractivity contribution is -0.119. The Labute approximate surface area is 143 Å². The number of rotatable bonds is 4. The number of amides is 1. The number of para-hydroxylation sites is 3. The molecule has 122 valence electrons. The lowest BCUT2D eigenvalue weighted by Gasteiger charge is -2.26. The van der Waals surface area contributed by atoms with Gasteiger partial charge in [-0.2, -0.15) is 0 Å². The molecule has 3 aromatic rings. The van der Waals surface area contributed by atoms with E-state index >= 15 is 0 Å². The van der Waals surface area contributed by atoms with Crippen molar-refractivity contribution in [3.05, 3.63) is 54.1 Å². The third kappa shape index (κ3) is 3.10. The summed E-state index contributed by atoms with van der Waals surface area (Å²) in [5.41, 5.74) is 2.57. The van der Waals surface area contributed by atoms with Gasteiger partial charge in [-0.3, -0.25) is 4.79 Å².